The minimum Gasteiger partial charge on any atom is -0.350 e. The second-order valence-electron chi connectivity index (χ2n) is 6.95. The highest BCUT2D eigenvalue weighted by molar-refractivity contribution is 7.92. The van der Waals surface area contributed by atoms with E-state index in [0.717, 1.165) is 28.5 Å². The van der Waals surface area contributed by atoms with Crippen molar-refractivity contribution in [2.45, 2.75) is 46.7 Å². The van der Waals surface area contributed by atoms with Crippen molar-refractivity contribution in [3.05, 3.63) is 64.7 Å². The number of amides is 1. The lowest BCUT2D eigenvalue weighted by atomic mass is 10.1. The second-order valence-corrected chi connectivity index (χ2v) is 8.81. The molecule has 0 bridgehead atoms. The van der Waals surface area contributed by atoms with Gasteiger partial charge in [0, 0.05) is 6.54 Å². The third-order valence-electron chi connectivity index (χ3n) is 4.66. The molecule has 6 heteroatoms. The molecule has 0 unspecified atom stereocenters. The van der Waals surface area contributed by atoms with Crippen LogP contribution in [-0.4, -0.2) is 26.6 Å². The van der Waals surface area contributed by atoms with Crippen LogP contribution in [0.5, 0.6) is 0 Å². The van der Waals surface area contributed by atoms with Crippen LogP contribution in [0.15, 0.2) is 42.5 Å². The van der Waals surface area contributed by atoms with Crippen molar-refractivity contribution in [3.8, 4) is 0 Å². The Morgan fingerprint density at radius 2 is 1.67 bits per heavy atom. The highest BCUT2D eigenvalue weighted by Gasteiger charge is 2.31. The van der Waals surface area contributed by atoms with Crippen LogP contribution in [0.3, 0.4) is 0 Å². The van der Waals surface area contributed by atoms with E-state index in [1.807, 2.05) is 64.1 Å². The third kappa shape index (κ3) is 5.32. The summed E-state index contributed by atoms with van der Waals surface area (Å²) in [6.07, 6.45) is 1.51. The van der Waals surface area contributed by atoms with Gasteiger partial charge in [-0.25, -0.2) is 8.42 Å². The Kier molecular flexibility index (Phi) is 6.65. The van der Waals surface area contributed by atoms with E-state index in [1.165, 1.54) is 4.31 Å². The zero-order valence-electron chi connectivity index (χ0n) is 16.6. The molecule has 0 heterocycles. The highest BCUT2D eigenvalue weighted by Crippen LogP contribution is 2.25. The number of carbonyl (C=O) groups excluding carboxylic acids is 1. The summed E-state index contributed by atoms with van der Waals surface area (Å²) >= 11 is 0. The molecule has 146 valence electrons. The molecular weight excluding hydrogens is 360 g/mol. The van der Waals surface area contributed by atoms with E-state index >= 15 is 0 Å². The summed E-state index contributed by atoms with van der Waals surface area (Å²) in [5.74, 6) is -0.304. The molecule has 0 aromatic heterocycles. The standard InChI is InChI=1S/C21H28N2O3S/c1-6-20(21(24)22-14-18-10-7-15(2)8-11-18)23(27(5,25)26)19-12-9-16(3)17(4)13-19/h7-13,20H,6,14H2,1-5H3,(H,22,24)/t20-/m0/s1. The average Bonchev–Trinajstić information content (AvgIpc) is 2.60. The molecule has 1 atom stereocenters. The Balaban J connectivity index is 2.27. The first kappa shape index (κ1) is 21.0. The minimum absolute atomic E-state index is 0.304. The lowest BCUT2D eigenvalue weighted by Crippen LogP contribution is -2.49. The zero-order chi connectivity index (χ0) is 20.2. The van der Waals surface area contributed by atoms with Gasteiger partial charge in [0.05, 0.1) is 11.9 Å². The van der Waals surface area contributed by atoms with Crippen LogP contribution < -0.4 is 9.62 Å². The van der Waals surface area contributed by atoms with Gasteiger partial charge >= 0.3 is 0 Å². The summed E-state index contributed by atoms with van der Waals surface area (Å²) in [5.41, 5.74) is 4.69. The lowest BCUT2D eigenvalue weighted by molar-refractivity contribution is -0.122. The molecule has 1 N–H and O–H groups in total. The second kappa shape index (κ2) is 8.57. The fourth-order valence-corrected chi connectivity index (χ4v) is 4.14. The van der Waals surface area contributed by atoms with E-state index in [1.54, 1.807) is 6.07 Å². The highest BCUT2D eigenvalue weighted by atomic mass is 32.2. The van der Waals surface area contributed by atoms with Crippen LogP contribution in [0.1, 0.15) is 35.6 Å². The Hall–Kier alpha value is -2.34. The summed E-state index contributed by atoms with van der Waals surface area (Å²) in [4.78, 5) is 12.8. The van der Waals surface area contributed by atoms with E-state index in [2.05, 4.69) is 5.32 Å². The molecule has 0 saturated carbocycles. The molecule has 0 fully saturated rings. The number of carbonyl (C=O) groups is 1. The van der Waals surface area contributed by atoms with Crippen molar-refractivity contribution in [2.24, 2.45) is 0 Å². The van der Waals surface area contributed by atoms with Crippen molar-refractivity contribution in [3.63, 3.8) is 0 Å². The van der Waals surface area contributed by atoms with E-state index in [-0.39, 0.29) is 5.91 Å². The predicted octanol–water partition coefficient (Wildman–Crippen LogP) is 3.47. The van der Waals surface area contributed by atoms with Crippen LogP contribution in [0, 0.1) is 20.8 Å². The van der Waals surface area contributed by atoms with Crippen LogP contribution in [0.2, 0.25) is 0 Å². The smallest absolute Gasteiger partial charge is 0.244 e. The zero-order valence-corrected chi connectivity index (χ0v) is 17.4. The molecule has 27 heavy (non-hydrogen) atoms. The number of aryl methyl sites for hydroxylation is 3. The summed E-state index contributed by atoms with van der Waals surface area (Å²) in [6, 6.07) is 12.5. The van der Waals surface area contributed by atoms with Gasteiger partial charge in [0.15, 0.2) is 0 Å². The number of nitrogens with one attached hydrogen (secondary N) is 1. The molecule has 0 aliphatic heterocycles. The molecule has 2 rings (SSSR count). The number of sulfonamides is 1. The molecule has 0 spiro atoms. The van der Waals surface area contributed by atoms with Gasteiger partial charge < -0.3 is 5.32 Å². The van der Waals surface area contributed by atoms with Crippen LogP contribution in [-0.2, 0) is 21.4 Å². The number of benzene rings is 2. The molecule has 0 aliphatic rings. The average molecular weight is 389 g/mol. The van der Waals surface area contributed by atoms with Gasteiger partial charge in [-0.2, -0.15) is 0 Å². The predicted molar refractivity (Wildman–Crippen MR) is 110 cm³/mol. The van der Waals surface area contributed by atoms with E-state index < -0.39 is 16.1 Å². The normalized spacial score (nSPS) is 12.5. The maximum absolute atomic E-state index is 12.8. The van der Waals surface area contributed by atoms with Gasteiger partial charge in [-0.05, 0) is 56.0 Å². The number of rotatable bonds is 7. The van der Waals surface area contributed by atoms with Gasteiger partial charge in [0.2, 0.25) is 15.9 Å². The number of hydrogen-bond donors (Lipinski definition) is 1. The lowest BCUT2D eigenvalue weighted by Gasteiger charge is -2.30. The molecule has 5 nitrogen and oxygen atoms in total. The summed E-state index contributed by atoms with van der Waals surface area (Å²) in [7, 11) is -3.62. The molecule has 1 amide bonds. The largest absolute Gasteiger partial charge is 0.350 e. The Bertz CT molecular complexity index is 906. The van der Waals surface area contributed by atoms with Crippen molar-refractivity contribution in [1.29, 1.82) is 0 Å². The van der Waals surface area contributed by atoms with E-state index in [9.17, 15) is 13.2 Å². The molecule has 0 radical (unpaired) electrons. The number of nitrogens with zero attached hydrogens (tertiary/aromatic N) is 1. The van der Waals surface area contributed by atoms with Gasteiger partial charge in [0.1, 0.15) is 6.04 Å². The minimum atomic E-state index is -3.62. The van der Waals surface area contributed by atoms with Gasteiger partial charge in [-0.1, -0.05) is 42.8 Å². The first-order valence-corrected chi connectivity index (χ1v) is 10.9. The first-order chi connectivity index (χ1) is 12.6. The third-order valence-corrected chi connectivity index (χ3v) is 5.84. The SMILES string of the molecule is CC[C@@H](C(=O)NCc1ccc(C)cc1)N(c1ccc(C)c(C)c1)S(C)(=O)=O. The summed E-state index contributed by atoms with van der Waals surface area (Å²) < 4.78 is 26.2. The topological polar surface area (TPSA) is 66.5 Å². The maximum atomic E-state index is 12.8. The fourth-order valence-electron chi connectivity index (χ4n) is 2.94. The Labute approximate surface area is 162 Å². The van der Waals surface area contributed by atoms with Crippen LogP contribution in [0.4, 0.5) is 5.69 Å². The fraction of sp³-hybridized carbons (Fsp3) is 0.381. The number of anilines is 1. The van der Waals surface area contributed by atoms with Crippen molar-refractivity contribution >= 4 is 21.6 Å². The van der Waals surface area contributed by atoms with Crippen molar-refractivity contribution in [2.75, 3.05) is 10.6 Å². The summed E-state index contributed by atoms with van der Waals surface area (Å²) in [5, 5.41) is 2.87. The van der Waals surface area contributed by atoms with Gasteiger partial charge in [0.25, 0.3) is 0 Å². The number of hydrogen-bond acceptors (Lipinski definition) is 3. The monoisotopic (exact) mass is 388 g/mol. The van der Waals surface area contributed by atoms with Gasteiger partial charge in [-0.3, -0.25) is 9.10 Å². The quantitative estimate of drug-likeness (QED) is 0.790. The molecular formula is C21H28N2O3S. The van der Waals surface area contributed by atoms with Gasteiger partial charge in [-0.15, -0.1) is 0 Å². The van der Waals surface area contributed by atoms with Crippen molar-refractivity contribution in [1.82, 2.24) is 5.32 Å². The summed E-state index contributed by atoms with van der Waals surface area (Å²) in [6.45, 7) is 8.08. The maximum Gasteiger partial charge on any atom is 0.244 e. The Morgan fingerprint density at radius 3 is 2.19 bits per heavy atom. The first-order valence-electron chi connectivity index (χ1n) is 9.03. The molecule has 2 aromatic rings. The molecule has 0 saturated heterocycles. The van der Waals surface area contributed by atoms with Crippen LogP contribution in [0.25, 0.3) is 0 Å². The van der Waals surface area contributed by atoms with Crippen LogP contribution >= 0.6 is 0 Å². The molecule has 0 aliphatic carbocycles. The Morgan fingerprint density at radius 1 is 1.04 bits per heavy atom. The van der Waals surface area contributed by atoms with Crippen molar-refractivity contribution < 1.29 is 13.2 Å². The van der Waals surface area contributed by atoms with E-state index in [0.29, 0.717) is 18.7 Å². The van der Waals surface area contributed by atoms with E-state index in [4.69, 9.17) is 0 Å². The molecule has 2 aromatic carbocycles.